The molecule has 0 atom stereocenters. The maximum absolute atomic E-state index is 9.44. The van der Waals surface area contributed by atoms with E-state index in [1.807, 2.05) is 19.1 Å². The van der Waals surface area contributed by atoms with E-state index in [0.29, 0.717) is 0 Å². The lowest BCUT2D eigenvalue weighted by atomic mass is 10.3. The van der Waals surface area contributed by atoms with Gasteiger partial charge in [-0.3, -0.25) is 4.98 Å². The minimum Gasteiger partial charge on any atom is -0.397 e. The van der Waals surface area contributed by atoms with Crippen molar-refractivity contribution in [2.45, 2.75) is 27.7 Å². The Balaban J connectivity index is 0. The van der Waals surface area contributed by atoms with Crippen molar-refractivity contribution in [1.29, 1.82) is 0 Å². The monoisotopic (exact) mass is 197 g/mol. The molecule has 0 aliphatic heterocycles. The minimum atomic E-state index is 0.167. The summed E-state index contributed by atoms with van der Waals surface area (Å²) in [5.41, 5.74) is 1.26. The Labute approximate surface area is 85.8 Å². The number of hydrogen-bond acceptors (Lipinski definition) is 3. The summed E-state index contributed by atoms with van der Waals surface area (Å²) in [6.45, 7) is 7.03. The number of Topliss-reactive ketones (excluding diaryl/α,β-unsaturated/α-hetero) is 1. The third-order valence-corrected chi connectivity index (χ3v) is 0.847. The molecule has 0 saturated carbocycles. The molecule has 0 unspecified atom stereocenters. The van der Waals surface area contributed by atoms with E-state index in [-0.39, 0.29) is 12.4 Å². The predicted molar refractivity (Wildman–Crippen MR) is 58.1 cm³/mol. The van der Waals surface area contributed by atoms with Crippen LogP contribution in [0, 0.1) is 6.92 Å². The van der Waals surface area contributed by atoms with Crippen LogP contribution in [0.15, 0.2) is 24.5 Å². The van der Waals surface area contributed by atoms with Crippen molar-refractivity contribution in [3.8, 4) is 0 Å². The summed E-state index contributed by atoms with van der Waals surface area (Å²) >= 11 is 0. The Morgan fingerprint density at radius 1 is 1.36 bits per heavy atom. The van der Waals surface area contributed by atoms with Gasteiger partial charge in [-0.05, 0) is 45.4 Å². The number of ketones is 1. The fraction of sp³-hybridized carbons (Fsp3) is 0.455. The number of aliphatic hydroxyl groups is 1. The van der Waals surface area contributed by atoms with Gasteiger partial charge in [-0.25, -0.2) is 0 Å². The molecule has 0 aromatic carbocycles. The third kappa shape index (κ3) is 22.4. The van der Waals surface area contributed by atoms with Crippen LogP contribution in [0.1, 0.15) is 26.3 Å². The molecular formula is C11H19NO2. The first kappa shape index (κ1) is 15.3. The second kappa shape index (κ2) is 11.8. The van der Waals surface area contributed by atoms with Gasteiger partial charge in [0.2, 0.25) is 0 Å². The molecule has 80 valence electrons. The van der Waals surface area contributed by atoms with Gasteiger partial charge in [0.25, 0.3) is 0 Å². The zero-order valence-electron chi connectivity index (χ0n) is 9.32. The normalized spacial score (nSPS) is 7.50. The number of aryl methyl sites for hydroxylation is 1. The van der Waals surface area contributed by atoms with E-state index in [1.165, 1.54) is 19.4 Å². The summed E-state index contributed by atoms with van der Waals surface area (Å²) in [4.78, 5) is 13.3. The molecule has 0 saturated heterocycles. The average Bonchev–Trinajstić information content (AvgIpc) is 2.05. The van der Waals surface area contributed by atoms with Gasteiger partial charge in [0.05, 0.1) is 0 Å². The van der Waals surface area contributed by atoms with Crippen LogP contribution in [0.3, 0.4) is 0 Å². The molecule has 1 N–H and O–H groups in total. The molecule has 0 aliphatic rings. The van der Waals surface area contributed by atoms with Crippen LogP contribution >= 0.6 is 0 Å². The molecule has 0 fully saturated rings. The highest BCUT2D eigenvalue weighted by Gasteiger charge is 1.72. The molecule has 14 heavy (non-hydrogen) atoms. The first-order valence-electron chi connectivity index (χ1n) is 4.49. The van der Waals surface area contributed by atoms with Crippen LogP contribution in [0.4, 0.5) is 0 Å². The molecule has 0 aliphatic carbocycles. The number of carbonyl (C=O) groups is 1. The molecule has 1 rings (SSSR count). The highest BCUT2D eigenvalue weighted by atomic mass is 16.2. The SMILES string of the molecule is CC(C)=O.CCO.Cc1ccncc1. The van der Waals surface area contributed by atoms with Gasteiger partial charge in [0.15, 0.2) is 0 Å². The first-order chi connectivity index (χ1) is 6.54. The molecule has 0 radical (unpaired) electrons. The smallest absolute Gasteiger partial charge is 0.126 e. The van der Waals surface area contributed by atoms with Crippen LogP contribution in [-0.4, -0.2) is 22.5 Å². The lowest BCUT2D eigenvalue weighted by molar-refractivity contribution is -0.114. The Morgan fingerprint density at radius 3 is 1.79 bits per heavy atom. The number of pyridine rings is 1. The quantitative estimate of drug-likeness (QED) is 0.692. The Kier molecular flexibility index (Phi) is 12.8. The molecule has 0 bridgehead atoms. The summed E-state index contributed by atoms with van der Waals surface area (Å²) in [6.07, 6.45) is 3.57. The highest BCUT2D eigenvalue weighted by Crippen LogP contribution is 1.88. The molecule has 1 aromatic rings. The van der Waals surface area contributed by atoms with Crippen molar-refractivity contribution in [3.63, 3.8) is 0 Å². The van der Waals surface area contributed by atoms with Crippen molar-refractivity contribution in [2.24, 2.45) is 0 Å². The summed E-state index contributed by atoms with van der Waals surface area (Å²) in [6, 6.07) is 3.94. The average molecular weight is 197 g/mol. The van der Waals surface area contributed by atoms with Gasteiger partial charge in [-0.1, -0.05) is 0 Å². The number of rotatable bonds is 0. The molecule has 3 nitrogen and oxygen atoms in total. The molecule has 1 heterocycles. The van der Waals surface area contributed by atoms with E-state index in [0.717, 1.165) is 0 Å². The summed E-state index contributed by atoms with van der Waals surface area (Å²) in [5.74, 6) is 0.167. The van der Waals surface area contributed by atoms with Gasteiger partial charge in [-0.2, -0.15) is 0 Å². The molecule has 0 amide bonds. The van der Waals surface area contributed by atoms with Crippen LogP contribution in [0.2, 0.25) is 0 Å². The number of aromatic nitrogens is 1. The zero-order valence-corrected chi connectivity index (χ0v) is 9.32. The van der Waals surface area contributed by atoms with E-state index in [1.54, 1.807) is 19.3 Å². The maximum Gasteiger partial charge on any atom is 0.126 e. The van der Waals surface area contributed by atoms with Crippen molar-refractivity contribution >= 4 is 5.78 Å². The fourth-order valence-corrected chi connectivity index (χ4v) is 0.426. The zero-order chi connectivity index (χ0) is 11.4. The fourth-order valence-electron chi connectivity index (χ4n) is 0.426. The lowest BCUT2D eigenvalue weighted by Gasteiger charge is -1.82. The van der Waals surface area contributed by atoms with E-state index in [9.17, 15) is 4.79 Å². The van der Waals surface area contributed by atoms with Crippen LogP contribution in [-0.2, 0) is 4.79 Å². The van der Waals surface area contributed by atoms with E-state index in [4.69, 9.17) is 5.11 Å². The van der Waals surface area contributed by atoms with E-state index >= 15 is 0 Å². The van der Waals surface area contributed by atoms with Crippen molar-refractivity contribution in [3.05, 3.63) is 30.1 Å². The van der Waals surface area contributed by atoms with E-state index < -0.39 is 0 Å². The van der Waals surface area contributed by atoms with Crippen LogP contribution in [0.5, 0.6) is 0 Å². The molecule has 1 aromatic heterocycles. The van der Waals surface area contributed by atoms with Gasteiger partial charge in [-0.15, -0.1) is 0 Å². The Morgan fingerprint density at radius 2 is 1.64 bits per heavy atom. The molecular weight excluding hydrogens is 178 g/mol. The number of aliphatic hydroxyl groups excluding tert-OH is 1. The predicted octanol–water partition coefficient (Wildman–Crippen LogP) is 1.98. The largest absolute Gasteiger partial charge is 0.397 e. The van der Waals surface area contributed by atoms with Crippen LogP contribution < -0.4 is 0 Å². The summed E-state index contributed by atoms with van der Waals surface area (Å²) in [5, 5.41) is 7.57. The van der Waals surface area contributed by atoms with Gasteiger partial charge < -0.3 is 9.90 Å². The third-order valence-electron chi connectivity index (χ3n) is 0.847. The lowest BCUT2D eigenvalue weighted by Crippen LogP contribution is -1.69. The number of nitrogens with zero attached hydrogens (tertiary/aromatic N) is 1. The summed E-state index contributed by atoms with van der Waals surface area (Å²) < 4.78 is 0. The standard InChI is InChI=1S/C6H7N.C3H6O.C2H6O/c1-6-2-4-7-5-3-6;1-3(2)4;1-2-3/h2-5H,1H3;1-2H3;3H,2H2,1H3. The second-order valence-corrected chi connectivity index (χ2v) is 2.75. The van der Waals surface area contributed by atoms with Gasteiger partial charge in [0.1, 0.15) is 5.78 Å². The Bertz CT molecular complexity index is 218. The molecule has 3 heteroatoms. The Hall–Kier alpha value is -1.22. The first-order valence-corrected chi connectivity index (χ1v) is 4.49. The number of carbonyl (C=O) groups excluding carboxylic acids is 1. The van der Waals surface area contributed by atoms with Crippen LogP contribution in [0.25, 0.3) is 0 Å². The summed E-state index contributed by atoms with van der Waals surface area (Å²) in [7, 11) is 0. The van der Waals surface area contributed by atoms with Crippen molar-refractivity contribution in [1.82, 2.24) is 4.98 Å². The molecule has 0 spiro atoms. The van der Waals surface area contributed by atoms with E-state index in [2.05, 4.69) is 4.98 Å². The van der Waals surface area contributed by atoms with Gasteiger partial charge >= 0.3 is 0 Å². The topological polar surface area (TPSA) is 50.2 Å². The minimum absolute atomic E-state index is 0.167. The number of hydrogen-bond donors (Lipinski definition) is 1. The second-order valence-electron chi connectivity index (χ2n) is 2.75. The van der Waals surface area contributed by atoms with Crippen molar-refractivity contribution < 1.29 is 9.90 Å². The van der Waals surface area contributed by atoms with Crippen molar-refractivity contribution in [2.75, 3.05) is 6.61 Å². The highest BCUT2D eigenvalue weighted by molar-refractivity contribution is 5.72. The van der Waals surface area contributed by atoms with Gasteiger partial charge in [0, 0.05) is 19.0 Å². The maximum atomic E-state index is 9.44.